The molecule has 0 aromatic rings. The molecule has 20 heavy (non-hydrogen) atoms. The van der Waals surface area contributed by atoms with E-state index in [1.807, 2.05) is 20.8 Å². The number of carboxylic acid groups (broad SMARTS) is 1. The van der Waals surface area contributed by atoms with Gasteiger partial charge in [0.1, 0.15) is 0 Å². The number of ether oxygens (including phenoxy) is 1. The largest absolute Gasteiger partial charge is 0.481 e. The fourth-order valence-corrected chi connectivity index (χ4v) is 4.06. The zero-order valence-corrected chi connectivity index (χ0v) is 13.2. The van der Waals surface area contributed by atoms with Crippen LogP contribution in [0.15, 0.2) is 0 Å². The summed E-state index contributed by atoms with van der Waals surface area (Å²) in [6, 6.07) is -0.569. The second-order valence-electron chi connectivity index (χ2n) is 6.53. The number of aliphatic carboxylic acids is 1. The summed E-state index contributed by atoms with van der Waals surface area (Å²) in [5.41, 5.74) is -0.141. The molecule has 0 bridgehead atoms. The fraction of sp³-hybridized carbons (Fsp3) is 0.923. The predicted octanol–water partition coefficient (Wildman–Crippen LogP) is 1.36. The van der Waals surface area contributed by atoms with Gasteiger partial charge in [-0.15, -0.1) is 0 Å². The van der Waals surface area contributed by atoms with Gasteiger partial charge in [-0.2, -0.15) is 0 Å². The van der Waals surface area contributed by atoms with Gasteiger partial charge in [-0.1, -0.05) is 20.8 Å². The maximum Gasteiger partial charge on any atom is 0.304 e. The smallest absolute Gasteiger partial charge is 0.304 e. The molecule has 1 aliphatic heterocycles. The second kappa shape index (κ2) is 6.87. The Morgan fingerprint density at radius 3 is 2.35 bits per heavy atom. The zero-order valence-electron chi connectivity index (χ0n) is 12.4. The van der Waals surface area contributed by atoms with Gasteiger partial charge in [0.05, 0.1) is 11.7 Å². The summed E-state index contributed by atoms with van der Waals surface area (Å²) in [6.45, 7) is 6.77. The van der Waals surface area contributed by atoms with E-state index in [1.165, 1.54) is 0 Å². The standard InChI is InChI=1S/C13H25NO5S/c1-13(2,3)9-10(8-12(15)16)14-20(17,18)11-4-6-19-7-5-11/h10-11,14H,4-9H2,1-3H3,(H,15,16). The summed E-state index contributed by atoms with van der Waals surface area (Å²) >= 11 is 0. The molecule has 1 fully saturated rings. The van der Waals surface area contributed by atoms with Crippen molar-refractivity contribution in [3.63, 3.8) is 0 Å². The number of sulfonamides is 1. The van der Waals surface area contributed by atoms with Crippen LogP contribution in [0.25, 0.3) is 0 Å². The van der Waals surface area contributed by atoms with Gasteiger partial charge in [0.15, 0.2) is 0 Å². The molecular formula is C13H25NO5S. The monoisotopic (exact) mass is 307 g/mol. The number of carbonyl (C=O) groups is 1. The van der Waals surface area contributed by atoms with Crippen LogP contribution in [0, 0.1) is 5.41 Å². The van der Waals surface area contributed by atoms with Crippen molar-refractivity contribution in [3.8, 4) is 0 Å². The van der Waals surface area contributed by atoms with Gasteiger partial charge in [0.25, 0.3) is 0 Å². The van der Waals surface area contributed by atoms with E-state index in [0.29, 0.717) is 32.5 Å². The number of rotatable bonds is 6. The third kappa shape index (κ3) is 6.19. The van der Waals surface area contributed by atoms with Gasteiger partial charge in [0.2, 0.25) is 10.0 Å². The van der Waals surface area contributed by atoms with E-state index in [9.17, 15) is 13.2 Å². The second-order valence-corrected chi connectivity index (χ2v) is 8.53. The van der Waals surface area contributed by atoms with E-state index in [2.05, 4.69) is 4.72 Å². The van der Waals surface area contributed by atoms with Crippen LogP contribution < -0.4 is 4.72 Å². The lowest BCUT2D eigenvalue weighted by Gasteiger charge is -2.29. The molecule has 1 heterocycles. The summed E-state index contributed by atoms with van der Waals surface area (Å²) < 4.78 is 32.4. The lowest BCUT2D eigenvalue weighted by molar-refractivity contribution is -0.137. The third-order valence-corrected chi connectivity index (χ3v) is 5.23. The zero-order chi connectivity index (χ0) is 15.4. The van der Waals surface area contributed by atoms with Crippen molar-refractivity contribution in [2.75, 3.05) is 13.2 Å². The molecule has 1 rings (SSSR count). The highest BCUT2D eigenvalue weighted by molar-refractivity contribution is 7.90. The highest BCUT2D eigenvalue weighted by Gasteiger charge is 2.32. The molecule has 1 unspecified atom stereocenters. The quantitative estimate of drug-likeness (QED) is 0.773. The predicted molar refractivity (Wildman–Crippen MR) is 76.0 cm³/mol. The number of carboxylic acids is 1. The summed E-state index contributed by atoms with van der Waals surface area (Å²) in [5, 5.41) is 8.45. The van der Waals surface area contributed by atoms with Crippen molar-refractivity contribution in [2.24, 2.45) is 5.41 Å². The van der Waals surface area contributed by atoms with Crippen LogP contribution in [0.5, 0.6) is 0 Å². The van der Waals surface area contributed by atoms with E-state index in [-0.39, 0.29) is 11.8 Å². The van der Waals surface area contributed by atoms with Crippen LogP contribution in [0.3, 0.4) is 0 Å². The van der Waals surface area contributed by atoms with Crippen molar-refractivity contribution >= 4 is 16.0 Å². The maximum atomic E-state index is 12.3. The van der Waals surface area contributed by atoms with Gasteiger partial charge < -0.3 is 9.84 Å². The van der Waals surface area contributed by atoms with Crippen molar-refractivity contribution in [2.45, 2.75) is 57.7 Å². The minimum Gasteiger partial charge on any atom is -0.481 e. The van der Waals surface area contributed by atoms with Crippen molar-refractivity contribution < 1.29 is 23.1 Å². The van der Waals surface area contributed by atoms with Gasteiger partial charge in [-0.25, -0.2) is 13.1 Å². The van der Waals surface area contributed by atoms with Gasteiger partial charge >= 0.3 is 5.97 Å². The third-order valence-electron chi connectivity index (χ3n) is 3.22. The molecule has 7 heteroatoms. The Morgan fingerprint density at radius 1 is 1.35 bits per heavy atom. The molecular weight excluding hydrogens is 282 g/mol. The fourth-order valence-electron chi connectivity index (χ4n) is 2.42. The molecule has 0 aromatic carbocycles. The summed E-state index contributed by atoms with van der Waals surface area (Å²) in [4.78, 5) is 10.9. The Labute approximate surface area is 120 Å². The van der Waals surface area contributed by atoms with E-state index < -0.39 is 27.3 Å². The van der Waals surface area contributed by atoms with Crippen LogP contribution in [0.2, 0.25) is 0 Å². The van der Waals surface area contributed by atoms with Crippen LogP contribution in [-0.4, -0.2) is 44.0 Å². The molecule has 6 nitrogen and oxygen atoms in total. The Balaban J connectivity index is 2.73. The molecule has 2 N–H and O–H groups in total. The lowest BCUT2D eigenvalue weighted by Crippen LogP contribution is -2.45. The number of hydrogen-bond acceptors (Lipinski definition) is 4. The van der Waals surface area contributed by atoms with Crippen LogP contribution in [0.1, 0.15) is 46.5 Å². The molecule has 1 aliphatic rings. The summed E-state index contributed by atoms with van der Waals surface area (Å²) in [7, 11) is -3.49. The summed E-state index contributed by atoms with van der Waals surface area (Å²) in [6.07, 6.45) is 1.22. The molecule has 1 saturated heterocycles. The molecule has 118 valence electrons. The molecule has 0 radical (unpaired) electrons. The molecule has 0 saturated carbocycles. The van der Waals surface area contributed by atoms with E-state index >= 15 is 0 Å². The minimum atomic E-state index is -3.49. The Morgan fingerprint density at radius 2 is 1.90 bits per heavy atom. The van der Waals surface area contributed by atoms with Gasteiger partial charge in [-0.3, -0.25) is 4.79 Å². The topological polar surface area (TPSA) is 92.7 Å². The first-order valence-electron chi connectivity index (χ1n) is 6.91. The van der Waals surface area contributed by atoms with Gasteiger partial charge in [0, 0.05) is 19.3 Å². The number of hydrogen-bond donors (Lipinski definition) is 2. The van der Waals surface area contributed by atoms with Crippen LogP contribution >= 0.6 is 0 Å². The van der Waals surface area contributed by atoms with Crippen molar-refractivity contribution in [3.05, 3.63) is 0 Å². The van der Waals surface area contributed by atoms with Gasteiger partial charge in [-0.05, 0) is 24.7 Å². The van der Waals surface area contributed by atoms with Crippen molar-refractivity contribution in [1.29, 1.82) is 0 Å². The van der Waals surface area contributed by atoms with Crippen LogP contribution in [-0.2, 0) is 19.6 Å². The van der Waals surface area contributed by atoms with Crippen molar-refractivity contribution in [1.82, 2.24) is 4.72 Å². The highest BCUT2D eigenvalue weighted by Crippen LogP contribution is 2.24. The van der Waals surface area contributed by atoms with Crippen LogP contribution in [0.4, 0.5) is 0 Å². The first kappa shape index (κ1) is 17.4. The van der Waals surface area contributed by atoms with E-state index in [4.69, 9.17) is 9.84 Å². The van der Waals surface area contributed by atoms with E-state index in [1.54, 1.807) is 0 Å². The maximum absolute atomic E-state index is 12.3. The Hall–Kier alpha value is -0.660. The lowest BCUT2D eigenvalue weighted by atomic mass is 9.87. The molecule has 0 amide bonds. The molecule has 1 atom stereocenters. The normalized spacial score (nSPS) is 19.8. The average molecular weight is 307 g/mol. The highest BCUT2D eigenvalue weighted by atomic mass is 32.2. The average Bonchev–Trinajstić information content (AvgIpc) is 2.26. The summed E-state index contributed by atoms with van der Waals surface area (Å²) in [5.74, 6) is -0.992. The molecule has 0 aromatic heterocycles. The first-order chi connectivity index (χ1) is 9.10. The Bertz CT molecular complexity index is 421. The number of nitrogens with one attached hydrogen (secondary N) is 1. The molecule has 0 aliphatic carbocycles. The Kier molecular flexibility index (Phi) is 5.97. The first-order valence-corrected chi connectivity index (χ1v) is 8.45. The SMILES string of the molecule is CC(C)(C)CC(CC(=O)O)NS(=O)(=O)C1CCOCC1. The molecule has 0 spiro atoms. The van der Waals surface area contributed by atoms with E-state index in [0.717, 1.165) is 0 Å². The minimum absolute atomic E-state index is 0.141.